The van der Waals surface area contributed by atoms with Crippen LogP contribution in [-0.4, -0.2) is 28.9 Å². The first-order valence-corrected chi connectivity index (χ1v) is 9.41. The number of amides is 1. The highest BCUT2D eigenvalue weighted by Gasteiger charge is 2.47. The number of carbonyl (C=O) groups excluding carboxylic acids is 2. The van der Waals surface area contributed by atoms with Crippen molar-refractivity contribution in [1.29, 1.82) is 5.26 Å². The summed E-state index contributed by atoms with van der Waals surface area (Å²) in [6, 6.07) is 17.6. The van der Waals surface area contributed by atoms with Crippen molar-refractivity contribution >= 4 is 23.1 Å². The molecule has 1 aromatic heterocycles. The second kappa shape index (κ2) is 8.13. The fourth-order valence-corrected chi connectivity index (χ4v) is 3.63. The third-order valence-electron chi connectivity index (χ3n) is 5.08. The molecule has 1 fully saturated rings. The molecule has 7 heteroatoms. The minimum Gasteiger partial charge on any atom is -0.507 e. The summed E-state index contributed by atoms with van der Waals surface area (Å²) in [4.78, 5) is 31.6. The van der Waals surface area contributed by atoms with Gasteiger partial charge in [-0.15, -0.1) is 0 Å². The van der Waals surface area contributed by atoms with Gasteiger partial charge < -0.3 is 9.84 Å². The van der Waals surface area contributed by atoms with E-state index in [1.165, 1.54) is 12.0 Å². The number of para-hydroxylation sites is 1. The first kappa shape index (κ1) is 19.9. The zero-order valence-corrected chi connectivity index (χ0v) is 16.5. The van der Waals surface area contributed by atoms with Crippen LogP contribution in [0.2, 0.25) is 0 Å². The Morgan fingerprint density at radius 1 is 1.10 bits per heavy atom. The van der Waals surface area contributed by atoms with Gasteiger partial charge >= 0.3 is 0 Å². The number of methoxy groups -OCH3 is 1. The minimum atomic E-state index is -0.897. The summed E-state index contributed by atoms with van der Waals surface area (Å²) in [6.45, 7) is 0. The second-order valence-electron chi connectivity index (χ2n) is 6.81. The molecule has 1 amide bonds. The number of benzene rings is 2. The van der Waals surface area contributed by atoms with Crippen molar-refractivity contribution in [1.82, 2.24) is 4.98 Å². The fourth-order valence-electron chi connectivity index (χ4n) is 3.63. The van der Waals surface area contributed by atoms with Crippen LogP contribution in [0.15, 0.2) is 78.6 Å². The molecule has 1 aliphatic heterocycles. The maximum Gasteiger partial charge on any atom is 0.300 e. The van der Waals surface area contributed by atoms with E-state index < -0.39 is 17.7 Å². The van der Waals surface area contributed by atoms with Crippen molar-refractivity contribution in [3.63, 3.8) is 0 Å². The zero-order valence-electron chi connectivity index (χ0n) is 16.5. The summed E-state index contributed by atoms with van der Waals surface area (Å²) < 4.78 is 5.32. The number of ketones is 1. The van der Waals surface area contributed by atoms with Crippen molar-refractivity contribution in [2.75, 3.05) is 12.0 Å². The number of aliphatic hydroxyl groups excluding tert-OH is 1. The van der Waals surface area contributed by atoms with E-state index in [1.807, 2.05) is 6.07 Å². The first-order chi connectivity index (χ1) is 15.1. The molecule has 1 atom stereocenters. The van der Waals surface area contributed by atoms with Crippen LogP contribution >= 0.6 is 0 Å². The van der Waals surface area contributed by atoms with Crippen molar-refractivity contribution in [2.24, 2.45) is 0 Å². The van der Waals surface area contributed by atoms with Gasteiger partial charge in [0.05, 0.1) is 35.9 Å². The van der Waals surface area contributed by atoms with Crippen LogP contribution in [0.25, 0.3) is 5.76 Å². The second-order valence-corrected chi connectivity index (χ2v) is 6.81. The number of rotatable bonds is 4. The highest BCUT2D eigenvalue weighted by atomic mass is 16.5. The van der Waals surface area contributed by atoms with Gasteiger partial charge in [0.25, 0.3) is 11.7 Å². The molecule has 0 aliphatic carbocycles. The van der Waals surface area contributed by atoms with Crippen LogP contribution in [-0.2, 0) is 9.59 Å². The number of nitrogens with zero attached hydrogens (tertiary/aromatic N) is 3. The lowest BCUT2D eigenvalue weighted by Gasteiger charge is -2.25. The third kappa shape index (κ3) is 3.40. The van der Waals surface area contributed by atoms with Crippen LogP contribution in [0.4, 0.5) is 5.69 Å². The first-order valence-electron chi connectivity index (χ1n) is 9.41. The van der Waals surface area contributed by atoms with E-state index in [9.17, 15) is 14.7 Å². The van der Waals surface area contributed by atoms with Crippen molar-refractivity contribution < 1.29 is 19.4 Å². The number of ether oxygens (including phenoxy) is 1. The van der Waals surface area contributed by atoms with Gasteiger partial charge in [-0.25, -0.2) is 0 Å². The molecule has 0 bridgehead atoms. The number of hydrogen-bond donors (Lipinski definition) is 1. The standard InChI is InChI=1S/C24H17N3O4/c1-31-19-7-3-2-6-18(19)22(28)20-21(16-5-4-12-26-14-16)27(24(30)23(20)29)17-10-8-15(13-25)9-11-17/h2-12,14,21,28H,1H3/b22-20-. The van der Waals surface area contributed by atoms with Gasteiger partial charge in [-0.3, -0.25) is 19.5 Å². The summed E-state index contributed by atoms with van der Waals surface area (Å²) in [5.41, 5.74) is 1.65. The van der Waals surface area contributed by atoms with E-state index in [0.717, 1.165) is 0 Å². The molecule has 1 saturated heterocycles. The highest BCUT2D eigenvalue weighted by Crippen LogP contribution is 2.42. The molecule has 2 aromatic carbocycles. The van der Waals surface area contributed by atoms with Crippen LogP contribution in [0.5, 0.6) is 5.75 Å². The molecule has 0 radical (unpaired) electrons. The van der Waals surface area contributed by atoms with E-state index in [-0.39, 0.29) is 11.3 Å². The quantitative estimate of drug-likeness (QED) is 0.400. The smallest absolute Gasteiger partial charge is 0.300 e. The number of Topliss-reactive ketones (excluding diaryl/α,β-unsaturated/α-hetero) is 1. The molecule has 1 unspecified atom stereocenters. The number of carbonyl (C=O) groups is 2. The molecule has 2 heterocycles. The third-order valence-corrected chi connectivity index (χ3v) is 5.08. The molecule has 0 saturated carbocycles. The number of aliphatic hydroxyl groups is 1. The monoisotopic (exact) mass is 411 g/mol. The zero-order chi connectivity index (χ0) is 22.0. The molecule has 0 spiro atoms. The normalized spacial score (nSPS) is 17.4. The summed E-state index contributed by atoms with van der Waals surface area (Å²) in [5, 5.41) is 20.2. The summed E-state index contributed by atoms with van der Waals surface area (Å²) >= 11 is 0. The number of nitriles is 1. The fraction of sp³-hybridized carbons (Fsp3) is 0.0833. The van der Waals surface area contributed by atoms with Crippen LogP contribution in [0.1, 0.15) is 22.7 Å². The van der Waals surface area contributed by atoms with Gasteiger partial charge in [-0.2, -0.15) is 5.26 Å². The molecule has 31 heavy (non-hydrogen) atoms. The Morgan fingerprint density at radius 3 is 2.48 bits per heavy atom. The lowest BCUT2D eigenvalue weighted by molar-refractivity contribution is -0.132. The van der Waals surface area contributed by atoms with Gasteiger partial charge in [0.15, 0.2) is 0 Å². The number of hydrogen-bond acceptors (Lipinski definition) is 6. The number of pyridine rings is 1. The summed E-state index contributed by atoms with van der Waals surface area (Å²) in [7, 11) is 1.46. The Bertz CT molecular complexity index is 1230. The summed E-state index contributed by atoms with van der Waals surface area (Å²) in [6.07, 6.45) is 3.13. The van der Waals surface area contributed by atoms with Crippen LogP contribution < -0.4 is 9.64 Å². The Balaban J connectivity index is 1.95. The van der Waals surface area contributed by atoms with E-state index in [4.69, 9.17) is 10.00 Å². The van der Waals surface area contributed by atoms with Crippen molar-refractivity contribution in [3.05, 3.63) is 95.3 Å². The van der Waals surface area contributed by atoms with Gasteiger partial charge in [-0.1, -0.05) is 18.2 Å². The van der Waals surface area contributed by atoms with E-state index in [2.05, 4.69) is 4.98 Å². The Morgan fingerprint density at radius 2 is 1.84 bits per heavy atom. The SMILES string of the molecule is COc1ccccc1/C(O)=C1/C(=O)C(=O)N(c2ccc(C#N)cc2)C1c1cccnc1. The molecule has 4 rings (SSSR count). The van der Waals surface area contributed by atoms with Crippen LogP contribution in [0.3, 0.4) is 0 Å². The molecule has 1 N–H and O–H groups in total. The van der Waals surface area contributed by atoms with Gasteiger partial charge in [0.2, 0.25) is 0 Å². The Kier molecular flexibility index (Phi) is 5.21. The summed E-state index contributed by atoms with van der Waals surface area (Å²) in [5.74, 6) is -1.56. The largest absolute Gasteiger partial charge is 0.507 e. The van der Waals surface area contributed by atoms with Gasteiger partial charge in [0, 0.05) is 18.1 Å². The predicted molar refractivity (Wildman–Crippen MR) is 113 cm³/mol. The molecule has 1 aliphatic rings. The van der Waals surface area contributed by atoms with Gasteiger partial charge in [-0.05, 0) is 48.0 Å². The number of anilines is 1. The lowest BCUT2D eigenvalue weighted by atomic mass is 9.96. The molecule has 3 aromatic rings. The maximum absolute atomic E-state index is 13.1. The van der Waals surface area contributed by atoms with E-state index in [0.29, 0.717) is 28.1 Å². The lowest BCUT2D eigenvalue weighted by Crippen LogP contribution is -2.29. The molecule has 152 valence electrons. The minimum absolute atomic E-state index is 0.0631. The molecule has 7 nitrogen and oxygen atoms in total. The van der Waals surface area contributed by atoms with Gasteiger partial charge in [0.1, 0.15) is 11.5 Å². The van der Waals surface area contributed by atoms with Crippen molar-refractivity contribution in [2.45, 2.75) is 6.04 Å². The molecular formula is C24H17N3O4. The average Bonchev–Trinajstić information content (AvgIpc) is 3.09. The highest BCUT2D eigenvalue weighted by molar-refractivity contribution is 6.51. The Hall–Kier alpha value is -4.44. The predicted octanol–water partition coefficient (Wildman–Crippen LogP) is 3.59. The van der Waals surface area contributed by atoms with E-state index in [1.54, 1.807) is 73.1 Å². The number of aromatic nitrogens is 1. The Labute approximate surface area is 178 Å². The maximum atomic E-state index is 13.1. The van der Waals surface area contributed by atoms with Crippen molar-refractivity contribution in [3.8, 4) is 11.8 Å². The topological polar surface area (TPSA) is 104 Å². The molecular weight excluding hydrogens is 394 g/mol. The average molecular weight is 411 g/mol. The van der Waals surface area contributed by atoms with E-state index >= 15 is 0 Å². The van der Waals surface area contributed by atoms with Crippen LogP contribution in [0, 0.1) is 11.3 Å².